The first kappa shape index (κ1) is 15.9. The molecule has 1 aliphatic heterocycles. The summed E-state index contributed by atoms with van der Waals surface area (Å²) in [7, 11) is 0. The van der Waals surface area contributed by atoms with E-state index in [9.17, 15) is 14.7 Å². The lowest BCUT2D eigenvalue weighted by atomic mass is 9.90. The zero-order valence-corrected chi connectivity index (χ0v) is 12.6. The van der Waals surface area contributed by atoms with Crippen molar-refractivity contribution in [1.29, 1.82) is 0 Å². The van der Waals surface area contributed by atoms with E-state index < -0.39 is 11.4 Å². The molecule has 2 amide bonds. The highest BCUT2D eigenvalue weighted by molar-refractivity contribution is 5.79. The van der Waals surface area contributed by atoms with Gasteiger partial charge in [0, 0.05) is 19.5 Å². The Kier molecular flexibility index (Phi) is 4.71. The van der Waals surface area contributed by atoms with Gasteiger partial charge in [-0.25, -0.2) is 4.79 Å². The van der Waals surface area contributed by atoms with Crippen molar-refractivity contribution in [2.24, 2.45) is 5.41 Å². The molecule has 116 valence electrons. The van der Waals surface area contributed by atoms with Gasteiger partial charge in [-0.05, 0) is 18.9 Å². The van der Waals surface area contributed by atoms with Crippen LogP contribution in [0.1, 0.15) is 31.4 Å². The molecule has 1 aromatic carbocycles. The second-order valence-electron chi connectivity index (χ2n) is 5.86. The summed E-state index contributed by atoms with van der Waals surface area (Å²) in [4.78, 5) is 25.2. The lowest BCUT2D eigenvalue weighted by molar-refractivity contribution is -0.146. The van der Waals surface area contributed by atoms with Crippen molar-refractivity contribution in [1.82, 2.24) is 10.2 Å². The molecule has 0 saturated carbocycles. The number of terminal acetylenes is 1. The minimum Gasteiger partial charge on any atom is -0.481 e. The summed E-state index contributed by atoms with van der Waals surface area (Å²) in [5, 5.41) is 12.1. The number of nitrogens with zero attached hydrogens (tertiary/aromatic N) is 1. The lowest BCUT2D eigenvalue weighted by Crippen LogP contribution is -2.42. The maximum Gasteiger partial charge on any atom is 0.317 e. The summed E-state index contributed by atoms with van der Waals surface area (Å²) in [6.07, 6.45) is 6.23. The first-order valence-electron chi connectivity index (χ1n) is 7.23. The molecule has 1 saturated heterocycles. The Labute approximate surface area is 130 Å². The molecule has 0 aromatic heterocycles. The number of carbonyl (C=O) groups is 2. The van der Waals surface area contributed by atoms with Gasteiger partial charge in [-0.15, -0.1) is 12.3 Å². The number of likely N-dealkylation sites (tertiary alicyclic amines) is 1. The number of carboxylic acids is 1. The molecule has 1 heterocycles. The molecule has 22 heavy (non-hydrogen) atoms. The van der Waals surface area contributed by atoms with E-state index in [-0.39, 0.29) is 18.6 Å². The summed E-state index contributed by atoms with van der Waals surface area (Å²) >= 11 is 0. The van der Waals surface area contributed by atoms with E-state index in [0.717, 1.165) is 5.56 Å². The topological polar surface area (TPSA) is 69.6 Å². The average molecular weight is 300 g/mol. The van der Waals surface area contributed by atoms with Crippen LogP contribution in [0.4, 0.5) is 4.79 Å². The van der Waals surface area contributed by atoms with Crippen LogP contribution in [0.3, 0.4) is 0 Å². The van der Waals surface area contributed by atoms with Gasteiger partial charge in [-0.1, -0.05) is 30.3 Å². The highest BCUT2D eigenvalue weighted by Gasteiger charge is 2.42. The Balaban J connectivity index is 2.04. The van der Waals surface area contributed by atoms with Crippen molar-refractivity contribution in [3.05, 3.63) is 35.9 Å². The molecule has 2 rings (SSSR count). The minimum absolute atomic E-state index is 0.214. The third-order valence-electron chi connectivity index (χ3n) is 4.10. The summed E-state index contributed by atoms with van der Waals surface area (Å²) in [5.41, 5.74) is 0.0695. The van der Waals surface area contributed by atoms with Gasteiger partial charge in [0.25, 0.3) is 0 Å². The van der Waals surface area contributed by atoms with Crippen LogP contribution in [-0.2, 0) is 4.79 Å². The smallest absolute Gasteiger partial charge is 0.317 e. The van der Waals surface area contributed by atoms with Crippen molar-refractivity contribution in [2.45, 2.75) is 25.8 Å². The van der Waals surface area contributed by atoms with E-state index in [4.69, 9.17) is 6.42 Å². The molecule has 5 nitrogen and oxygen atoms in total. The number of rotatable bonds is 4. The Morgan fingerprint density at radius 3 is 2.68 bits per heavy atom. The Morgan fingerprint density at radius 1 is 1.45 bits per heavy atom. The molecule has 0 aliphatic carbocycles. The molecule has 2 unspecified atom stereocenters. The fourth-order valence-corrected chi connectivity index (χ4v) is 2.60. The first-order valence-corrected chi connectivity index (χ1v) is 7.23. The van der Waals surface area contributed by atoms with Gasteiger partial charge in [-0.2, -0.15) is 0 Å². The van der Waals surface area contributed by atoms with Gasteiger partial charge in [0.15, 0.2) is 0 Å². The summed E-state index contributed by atoms with van der Waals surface area (Å²) in [6, 6.07) is 8.97. The second kappa shape index (κ2) is 6.52. The maximum atomic E-state index is 12.4. The quantitative estimate of drug-likeness (QED) is 0.838. The number of amides is 2. The Bertz CT molecular complexity index is 594. The largest absolute Gasteiger partial charge is 0.481 e. The van der Waals surface area contributed by atoms with Crippen LogP contribution in [0.25, 0.3) is 0 Å². The number of aliphatic carboxylic acids is 1. The van der Waals surface area contributed by atoms with E-state index >= 15 is 0 Å². The fourth-order valence-electron chi connectivity index (χ4n) is 2.60. The molecule has 0 bridgehead atoms. The molecule has 0 spiro atoms. The normalized spacial score (nSPS) is 21.9. The molecule has 1 aromatic rings. The number of urea groups is 1. The second-order valence-corrected chi connectivity index (χ2v) is 5.86. The van der Waals surface area contributed by atoms with E-state index in [1.165, 1.54) is 0 Å². The summed E-state index contributed by atoms with van der Waals surface area (Å²) in [6.45, 7) is 2.32. The predicted octanol–water partition coefficient (Wildman–Crippen LogP) is 2.26. The number of carboxylic acid groups (broad SMARTS) is 1. The Hall–Kier alpha value is -2.48. The molecule has 2 N–H and O–H groups in total. The number of hydrogen-bond donors (Lipinski definition) is 2. The lowest BCUT2D eigenvalue weighted by Gasteiger charge is -2.24. The average Bonchev–Trinajstić information content (AvgIpc) is 2.92. The molecule has 2 atom stereocenters. The number of benzene rings is 1. The highest BCUT2D eigenvalue weighted by atomic mass is 16.4. The predicted molar refractivity (Wildman–Crippen MR) is 83.1 cm³/mol. The van der Waals surface area contributed by atoms with Crippen LogP contribution in [-0.4, -0.2) is 35.1 Å². The highest BCUT2D eigenvalue weighted by Crippen LogP contribution is 2.30. The number of hydrogen-bond acceptors (Lipinski definition) is 2. The van der Waals surface area contributed by atoms with Crippen LogP contribution in [0.2, 0.25) is 0 Å². The zero-order chi connectivity index (χ0) is 16.2. The van der Waals surface area contributed by atoms with Crippen LogP contribution in [0, 0.1) is 17.8 Å². The minimum atomic E-state index is -0.869. The van der Waals surface area contributed by atoms with Crippen molar-refractivity contribution in [3.63, 3.8) is 0 Å². The molecule has 1 aliphatic rings. The first-order chi connectivity index (χ1) is 10.5. The molecule has 0 radical (unpaired) electrons. The SMILES string of the molecule is C#CCC(NC(=O)N1CCC(C)(C(=O)O)C1)c1ccccc1. The van der Waals surface area contributed by atoms with Crippen molar-refractivity contribution < 1.29 is 14.7 Å². The van der Waals surface area contributed by atoms with E-state index in [2.05, 4.69) is 11.2 Å². The monoisotopic (exact) mass is 300 g/mol. The van der Waals surface area contributed by atoms with E-state index in [1.54, 1.807) is 11.8 Å². The third-order valence-corrected chi connectivity index (χ3v) is 4.10. The zero-order valence-electron chi connectivity index (χ0n) is 12.6. The van der Waals surface area contributed by atoms with Crippen LogP contribution in [0.5, 0.6) is 0 Å². The van der Waals surface area contributed by atoms with Crippen LogP contribution >= 0.6 is 0 Å². The van der Waals surface area contributed by atoms with Gasteiger partial charge in [0.05, 0.1) is 11.5 Å². The molecular weight excluding hydrogens is 280 g/mol. The van der Waals surface area contributed by atoms with Gasteiger partial charge in [-0.3, -0.25) is 4.79 Å². The van der Waals surface area contributed by atoms with E-state index in [0.29, 0.717) is 19.4 Å². The molecule has 5 heteroatoms. The Morgan fingerprint density at radius 2 is 2.14 bits per heavy atom. The number of carbonyl (C=O) groups excluding carboxylic acids is 1. The van der Waals surface area contributed by atoms with E-state index in [1.807, 2.05) is 30.3 Å². The van der Waals surface area contributed by atoms with Gasteiger partial charge in [0.2, 0.25) is 0 Å². The van der Waals surface area contributed by atoms with Gasteiger partial charge >= 0.3 is 12.0 Å². The van der Waals surface area contributed by atoms with Gasteiger partial charge < -0.3 is 15.3 Å². The van der Waals surface area contributed by atoms with Crippen LogP contribution in [0.15, 0.2) is 30.3 Å². The summed E-state index contributed by atoms with van der Waals surface area (Å²) in [5.74, 6) is 1.70. The van der Waals surface area contributed by atoms with Crippen molar-refractivity contribution in [3.8, 4) is 12.3 Å². The van der Waals surface area contributed by atoms with Crippen LogP contribution < -0.4 is 5.32 Å². The van der Waals surface area contributed by atoms with Crippen molar-refractivity contribution in [2.75, 3.05) is 13.1 Å². The maximum absolute atomic E-state index is 12.4. The molecule has 1 fully saturated rings. The summed E-state index contributed by atoms with van der Waals surface area (Å²) < 4.78 is 0. The third kappa shape index (κ3) is 3.40. The standard InChI is InChI=1S/C17H20N2O3/c1-3-7-14(13-8-5-4-6-9-13)18-16(22)19-11-10-17(2,12-19)15(20)21/h1,4-6,8-9,14H,7,10-12H2,2H3,(H,18,22)(H,20,21). The fraction of sp³-hybridized carbons (Fsp3) is 0.412. The van der Waals surface area contributed by atoms with Gasteiger partial charge in [0.1, 0.15) is 0 Å². The van der Waals surface area contributed by atoms with Crippen molar-refractivity contribution >= 4 is 12.0 Å². The number of nitrogens with one attached hydrogen (secondary N) is 1. The molecular formula is C17H20N2O3.